The molecule has 0 spiro atoms. The van der Waals surface area contributed by atoms with Crippen molar-refractivity contribution in [2.24, 2.45) is 5.92 Å². The van der Waals surface area contributed by atoms with Crippen LogP contribution < -0.4 is 9.64 Å². The van der Waals surface area contributed by atoms with Gasteiger partial charge >= 0.3 is 0 Å². The first-order valence-electron chi connectivity index (χ1n) is 11.2. The highest BCUT2D eigenvalue weighted by Crippen LogP contribution is 2.26. The van der Waals surface area contributed by atoms with Crippen molar-refractivity contribution < 1.29 is 9.13 Å². The normalized spacial score (nSPS) is 14.4. The van der Waals surface area contributed by atoms with Gasteiger partial charge in [-0.1, -0.05) is 38.1 Å². The molecule has 0 radical (unpaired) electrons. The van der Waals surface area contributed by atoms with Crippen molar-refractivity contribution in [3.05, 3.63) is 83.4 Å². The minimum absolute atomic E-state index is 0.232. The minimum Gasteiger partial charge on any atom is -0.493 e. The SMILES string of the molecule is CC(C)COc1ccc(CN(Cc2ccc(F)cc2)c2nccc(C3CN(C)C3)n2)cc1. The molecule has 168 valence electrons. The summed E-state index contributed by atoms with van der Waals surface area (Å²) >= 11 is 0. The Bertz CT molecular complexity index is 1000. The molecule has 0 N–H and O–H groups in total. The summed E-state index contributed by atoms with van der Waals surface area (Å²) in [5.41, 5.74) is 3.23. The summed E-state index contributed by atoms with van der Waals surface area (Å²) in [7, 11) is 2.12. The highest BCUT2D eigenvalue weighted by Gasteiger charge is 2.26. The number of anilines is 1. The van der Waals surface area contributed by atoms with Crippen molar-refractivity contribution in [3.63, 3.8) is 0 Å². The first-order chi connectivity index (χ1) is 15.5. The molecule has 0 atom stereocenters. The Balaban J connectivity index is 1.54. The van der Waals surface area contributed by atoms with Crippen LogP contribution >= 0.6 is 0 Å². The molecule has 1 aromatic heterocycles. The lowest BCUT2D eigenvalue weighted by Crippen LogP contribution is -2.42. The molecule has 0 bridgehead atoms. The molecule has 1 aliphatic heterocycles. The van der Waals surface area contributed by atoms with E-state index in [-0.39, 0.29) is 5.82 Å². The van der Waals surface area contributed by atoms with E-state index >= 15 is 0 Å². The lowest BCUT2D eigenvalue weighted by Gasteiger charge is -2.36. The molecule has 1 saturated heterocycles. The number of nitrogens with zero attached hydrogens (tertiary/aromatic N) is 4. The van der Waals surface area contributed by atoms with Gasteiger partial charge in [-0.05, 0) is 54.4 Å². The lowest BCUT2D eigenvalue weighted by molar-refractivity contribution is 0.186. The van der Waals surface area contributed by atoms with E-state index in [4.69, 9.17) is 9.72 Å². The first kappa shape index (κ1) is 22.2. The number of hydrogen-bond donors (Lipinski definition) is 0. The molecule has 1 aliphatic rings. The zero-order valence-electron chi connectivity index (χ0n) is 19.0. The van der Waals surface area contributed by atoms with Crippen molar-refractivity contribution in [2.45, 2.75) is 32.9 Å². The molecule has 0 saturated carbocycles. The van der Waals surface area contributed by atoms with E-state index in [2.05, 4.69) is 47.8 Å². The van der Waals surface area contributed by atoms with Crippen LogP contribution in [0.1, 0.15) is 36.6 Å². The van der Waals surface area contributed by atoms with E-state index in [1.54, 1.807) is 0 Å². The minimum atomic E-state index is -0.232. The van der Waals surface area contributed by atoms with E-state index in [0.29, 0.717) is 37.5 Å². The van der Waals surface area contributed by atoms with Crippen LogP contribution in [0.2, 0.25) is 0 Å². The molecular formula is C26H31FN4O. The molecule has 1 fully saturated rings. The molecule has 4 rings (SSSR count). The summed E-state index contributed by atoms with van der Waals surface area (Å²) in [6, 6.07) is 16.8. The summed E-state index contributed by atoms with van der Waals surface area (Å²) in [6.45, 7) is 8.26. The van der Waals surface area contributed by atoms with Gasteiger partial charge in [0, 0.05) is 38.3 Å². The second-order valence-electron chi connectivity index (χ2n) is 9.03. The van der Waals surface area contributed by atoms with Crippen molar-refractivity contribution in [2.75, 3.05) is 31.6 Å². The summed E-state index contributed by atoms with van der Waals surface area (Å²) in [6.07, 6.45) is 1.84. The Labute approximate surface area is 189 Å². The molecule has 5 nitrogen and oxygen atoms in total. The average Bonchev–Trinajstić information content (AvgIpc) is 2.77. The van der Waals surface area contributed by atoms with Gasteiger partial charge in [-0.15, -0.1) is 0 Å². The van der Waals surface area contributed by atoms with Gasteiger partial charge < -0.3 is 14.5 Å². The standard InChI is InChI=1S/C26H31FN4O/c1-19(2)18-32-24-10-6-21(7-11-24)15-31(14-20-4-8-23(27)9-5-20)26-28-13-12-25(29-26)22-16-30(3)17-22/h4-13,19,22H,14-18H2,1-3H3. The zero-order chi connectivity index (χ0) is 22.5. The molecule has 0 aliphatic carbocycles. The summed E-state index contributed by atoms with van der Waals surface area (Å²) in [5, 5.41) is 0. The Kier molecular flexibility index (Phi) is 7.00. The second-order valence-corrected chi connectivity index (χ2v) is 9.03. The largest absolute Gasteiger partial charge is 0.493 e. The van der Waals surface area contributed by atoms with Gasteiger partial charge in [-0.25, -0.2) is 14.4 Å². The number of halogens is 1. The number of hydrogen-bond acceptors (Lipinski definition) is 5. The smallest absolute Gasteiger partial charge is 0.226 e. The Hall–Kier alpha value is -2.99. The third-order valence-electron chi connectivity index (χ3n) is 5.60. The monoisotopic (exact) mass is 434 g/mol. The van der Waals surface area contributed by atoms with Crippen molar-refractivity contribution in [1.82, 2.24) is 14.9 Å². The average molecular weight is 435 g/mol. The predicted octanol–water partition coefficient (Wildman–Crippen LogP) is 4.89. The Morgan fingerprint density at radius 2 is 1.62 bits per heavy atom. The first-order valence-corrected chi connectivity index (χ1v) is 11.2. The molecule has 0 unspecified atom stereocenters. The quantitative estimate of drug-likeness (QED) is 0.480. The number of likely N-dealkylation sites (N-methyl/N-ethyl adjacent to an activating group) is 1. The second kappa shape index (κ2) is 10.1. The maximum Gasteiger partial charge on any atom is 0.226 e. The van der Waals surface area contributed by atoms with E-state index in [1.165, 1.54) is 12.1 Å². The molecule has 6 heteroatoms. The molecule has 2 aromatic carbocycles. The molecule has 0 amide bonds. The maximum absolute atomic E-state index is 13.4. The van der Waals surface area contributed by atoms with Gasteiger partial charge in [0.05, 0.1) is 12.3 Å². The topological polar surface area (TPSA) is 41.5 Å². The van der Waals surface area contributed by atoms with Gasteiger partial charge in [0.2, 0.25) is 5.95 Å². The van der Waals surface area contributed by atoms with Crippen LogP contribution in [0.15, 0.2) is 60.8 Å². The Morgan fingerprint density at radius 1 is 1.00 bits per heavy atom. The highest BCUT2D eigenvalue weighted by molar-refractivity contribution is 5.37. The molecular weight excluding hydrogens is 403 g/mol. The van der Waals surface area contributed by atoms with Crippen LogP contribution in [0.4, 0.5) is 10.3 Å². The lowest BCUT2D eigenvalue weighted by atomic mass is 9.97. The zero-order valence-corrected chi connectivity index (χ0v) is 19.0. The van der Waals surface area contributed by atoms with Gasteiger partial charge in [-0.3, -0.25) is 0 Å². The van der Waals surface area contributed by atoms with Crippen molar-refractivity contribution >= 4 is 5.95 Å². The fraction of sp³-hybridized carbons (Fsp3) is 0.385. The van der Waals surface area contributed by atoms with Crippen LogP contribution in [0, 0.1) is 11.7 Å². The molecule has 2 heterocycles. The van der Waals surface area contributed by atoms with Gasteiger partial charge in [0.1, 0.15) is 11.6 Å². The van der Waals surface area contributed by atoms with Gasteiger partial charge in [0.25, 0.3) is 0 Å². The summed E-state index contributed by atoms with van der Waals surface area (Å²) in [5.74, 6) is 2.28. The third-order valence-corrected chi connectivity index (χ3v) is 5.60. The van der Waals surface area contributed by atoms with E-state index < -0.39 is 0 Å². The third kappa shape index (κ3) is 5.82. The van der Waals surface area contributed by atoms with Crippen LogP contribution in [0.5, 0.6) is 5.75 Å². The fourth-order valence-corrected chi connectivity index (χ4v) is 3.81. The number of aromatic nitrogens is 2. The fourth-order valence-electron chi connectivity index (χ4n) is 3.81. The van der Waals surface area contributed by atoms with Gasteiger partial charge in [-0.2, -0.15) is 0 Å². The van der Waals surface area contributed by atoms with Crippen LogP contribution in [-0.4, -0.2) is 41.6 Å². The van der Waals surface area contributed by atoms with Crippen LogP contribution in [-0.2, 0) is 13.1 Å². The molecule has 3 aromatic rings. The number of benzene rings is 2. The van der Waals surface area contributed by atoms with Crippen molar-refractivity contribution in [3.8, 4) is 5.75 Å². The van der Waals surface area contributed by atoms with E-state index in [1.807, 2.05) is 36.5 Å². The van der Waals surface area contributed by atoms with E-state index in [9.17, 15) is 4.39 Å². The molecule has 32 heavy (non-hydrogen) atoms. The Morgan fingerprint density at radius 3 is 2.22 bits per heavy atom. The maximum atomic E-state index is 13.4. The summed E-state index contributed by atoms with van der Waals surface area (Å²) in [4.78, 5) is 13.9. The van der Waals surface area contributed by atoms with Crippen LogP contribution in [0.25, 0.3) is 0 Å². The summed E-state index contributed by atoms with van der Waals surface area (Å²) < 4.78 is 19.2. The number of ether oxygens (including phenoxy) is 1. The number of likely N-dealkylation sites (tertiary alicyclic amines) is 1. The number of rotatable bonds is 9. The van der Waals surface area contributed by atoms with E-state index in [0.717, 1.165) is 35.7 Å². The predicted molar refractivity (Wildman–Crippen MR) is 125 cm³/mol. The van der Waals surface area contributed by atoms with Gasteiger partial charge in [0.15, 0.2) is 0 Å². The van der Waals surface area contributed by atoms with Crippen molar-refractivity contribution in [1.29, 1.82) is 0 Å². The van der Waals surface area contributed by atoms with Crippen LogP contribution in [0.3, 0.4) is 0 Å². The highest BCUT2D eigenvalue weighted by atomic mass is 19.1.